The molecule has 10 nitrogen and oxygen atoms in total. The zero-order valence-electron chi connectivity index (χ0n) is 17.1. The van der Waals surface area contributed by atoms with Crippen LogP contribution in [-0.4, -0.2) is 44.4 Å². The van der Waals surface area contributed by atoms with Crippen LogP contribution < -0.4 is 21.7 Å². The van der Waals surface area contributed by atoms with E-state index in [0.717, 1.165) is 31.4 Å². The van der Waals surface area contributed by atoms with Crippen molar-refractivity contribution in [3.05, 3.63) is 35.7 Å². The van der Waals surface area contributed by atoms with Crippen LogP contribution in [0.4, 0.5) is 22.1 Å². The first kappa shape index (κ1) is 21.3. The lowest BCUT2D eigenvalue weighted by Crippen LogP contribution is -2.48. The van der Waals surface area contributed by atoms with Crippen molar-refractivity contribution in [3.63, 3.8) is 0 Å². The van der Waals surface area contributed by atoms with E-state index in [1.807, 2.05) is 26.0 Å². The molecule has 2 aromatic rings. The predicted octanol–water partition coefficient (Wildman–Crippen LogP) is 2.83. The maximum atomic E-state index is 11.8. The van der Waals surface area contributed by atoms with Crippen LogP contribution in [0.5, 0.6) is 0 Å². The Labute approximate surface area is 174 Å². The Hall–Kier alpha value is -3.43. The van der Waals surface area contributed by atoms with Gasteiger partial charge in [-0.3, -0.25) is 4.79 Å². The molecule has 30 heavy (non-hydrogen) atoms. The molecule has 1 saturated carbocycles. The molecule has 0 aromatic carbocycles. The summed E-state index contributed by atoms with van der Waals surface area (Å²) < 4.78 is 0. The van der Waals surface area contributed by atoms with Crippen molar-refractivity contribution in [2.45, 2.75) is 57.5 Å². The van der Waals surface area contributed by atoms with Gasteiger partial charge in [-0.2, -0.15) is 0 Å². The first-order valence-corrected chi connectivity index (χ1v) is 10.0. The highest BCUT2D eigenvalue weighted by Gasteiger charge is 2.27. The van der Waals surface area contributed by atoms with E-state index in [1.165, 1.54) is 0 Å². The summed E-state index contributed by atoms with van der Waals surface area (Å²) in [5.74, 6) is 0.525. The minimum Gasteiger partial charge on any atom is -0.465 e. The molecule has 2 amide bonds. The Morgan fingerprint density at radius 1 is 1.13 bits per heavy atom. The molecule has 0 aliphatic heterocycles. The number of carbonyl (C=O) groups excluding carboxylic acids is 1. The van der Waals surface area contributed by atoms with Crippen LogP contribution in [0.1, 0.15) is 61.6 Å². The van der Waals surface area contributed by atoms with E-state index >= 15 is 0 Å². The highest BCUT2D eigenvalue weighted by molar-refractivity contribution is 5.97. The van der Waals surface area contributed by atoms with Gasteiger partial charge in [0, 0.05) is 17.8 Å². The van der Waals surface area contributed by atoms with Gasteiger partial charge in [0.05, 0.1) is 11.7 Å². The van der Waals surface area contributed by atoms with Crippen molar-refractivity contribution in [1.82, 2.24) is 20.5 Å². The van der Waals surface area contributed by atoms with Crippen LogP contribution in [0.3, 0.4) is 0 Å². The second kappa shape index (κ2) is 9.38. The molecule has 10 heteroatoms. The molecule has 0 radical (unpaired) electrons. The van der Waals surface area contributed by atoms with Crippen molar-refractivity contribution < 1.29 is 14.7 Å². The zero-order valence-corrected chi connectivity index (χ0v) is 17.1. The first-order chi connectivity index (χ1) is 14.3. The summed E-state index contributed by atoms with van der Waals surface area (Å²) in [7, 11) is 0. The molecule has 2 unspecified atom stereocenters. The maximum Gasteiger partial charge on any atom is 0.404 e. The number of anilines is 3. The Balaban J connectivity index is 1.84. The predicted molar refractivity (Wildman–Crippen MR) is 113 cm³/mol. The van der Waals surface area contributed by atoms with E-state index in [9.17, 15) is 9.59 Å². The number of carboxylic acid groups (broad SMARTS) is 1. The molecule has 1 aliphatic carbocycles. The normalized spacial score (nSPS) is 18.6. The summed E-state index contributed by atoms with van der Waals surface area (Å²) in [6.45, 7) is 4.09. The van der Waals surface area contributed by atoms with Gasteiger partial charge in [0.15, 0.2) is 11.5 Å². The first-order valence-electron chi connectivity index (χ1n) is 10.0. The Bertz CT molecular complexity index is 919. The smallest absolute Gasteiger partial charge is 0.404 e. The van der Waals surface area contributed by atoms with Crippen molar-refractivity contribution >= 4 is 29.3 Å². The second-order valence-electron chi connectivity index (χ2n) is 7.67. The van der Waals surface area contributed by atoms with Gasteiger partial charge in [0.1, 0.15) is 5.82 Å². The fraction of sp³-hybridized carbons (Fsp3) is 0.450. The maximum absolute atomic E-state index is 11.8. The molecule has 6 N–H and O–H groups in total. The van der Waals surface area contributed by atoms with Crippen LogP contribution in [-0.2, 0) is 0 Å². The number of primary amides is 1. The number of aromatic nitrogens is 3. The molecule has 1 fully saturated rings. The standard InChI is InChI=1S/C20H27N7O3/c1-11(2)12-8-5-9-16(22-12)24-15-10-17(26-27-18(15)19(21)28)23-13-6-3-4-7-14(13)25-20(29)30/h5,8-11,13-14,25H,3-4,6-7H2,1-2H3,(H2,21,28)(H,29,30)(H2,22,23,24,26). The van der Waals surface area contributed by atoms with E-state index in [-0.39, 0.29) is 23.7 Å². The van der Waals surface area contributed by atoms with E-state index < -0.39 is 12.0 Å². The SMILES string of the molecule is CC(C)c1cccc(Nc2cc(NC3CCCCC3NC(=O)O)nnc2C(N)=O)n1. The van der Waals surface area contributed by atoms with Crippen molar-refractivity contribution in [2.75, 3.05) is 10.6 Å². The van der Waals surface area contributed by atoms with Gasteiger partial charge in [-0.1, -0.05) is 32.8 Å². The van der Waals surface area contributed by atoms with Crippen molar-refractivity contribution in [2.24, 2.45) is 5.73 Å². The highest BCUT2D eigenvalue weighted by Crippen LogP contribution is 2.25. The molecule has 3 rings (SSSR count). The molecule has 2 atom stereocenters. The summed E-state index contributed by atoms with van der Waals surface area (Å²) >= 11 is 0. The number of amides is 2. The molecule has 160 valence electrons. The summed E-state index contributed by atoms with van der Waals surface area (Å²) in [5, 5.41) is 26.0. The number of nitrogens with zero attached hydrogens (tertiary/aromatic N) is 3. The molecule has 0 bridgehead atoms. The number of nitrogens with two attached hydrogens (primary N) is 1. The van der Waals surface area contributed by atoms with E-state index in [0.29, 0.717) is 17.3 Å². The molecule has 0 spiro atoms. The molecular formula is C20H27N7O3. The minimum absolute atomic E-state index is 0.00107. The molecule has 2 heterocycles. The Morgan fingerprint density at radius 2 is 1.87 bits per heavy atom. The Kier molecular flexibility index (Phi) is 6.65. The number of carbonyl (C=O) groups is 2. The third kappa shape index (κ3) is 5.34. The van der Waals surface area contributed by atoms with Gasteiger partial charge in [-0.05, 0) is 30.9 Å². The topological polar surface area (TPSA) is 155 Å². The van der Waals surface area contributed by atoms with Crippen LogP contribution in [0, 0.1) is 0 Å². The van der Waals surface area contributed by atoms with Gasteiger partial charge >= 0.3 is 6.09 Å². The van der Waals surface area contributed by atoms with Crippen LogP contribution in [0.2, 0.25) is 0 Å². The van der Waals surface area contributed by atoms with Crippen LogP contribution in [0.15, 0.2) is 24.3 Å². The molecule has 0 saturated heterocycles. The number of nitrogens with one attached hydrogen (secondary N) is 3. The summed E-state index contributed by atoms with van der Waals surface area (Å²) in [6.07, 6.45) is 2.43. The number of hydrogen-bond donors (Lipinski definition) is 5. The Morgan fingerprint density at radius 3 is 2.53 bits per heavy atom. The summed E-state index contributed by atoms with van der Waals surface area (Å²) in [4.78, 5) is 27.5. The molecular weight excluding hydrogens is 386 g/mol. The quantitative estimate of drug-likeness (QED) is 0.464. The van der Waals surface area contributed by atoms with Gasteiger partial charge in [0.25, 0.3) is 5.91 Å². The fourth-order valence-electron chi connectivity index (χ4n) is 3.55. The lowest BCUT2D eigenvalue weighted by Gasteiger charge is -2.32. The number of hydrogen-bond acceptors (Lipinski definition) is 7. The third-order valence-electron chi connectivity index (χ3n) is 5.06. The van der Waals surface area contributed by atoms with E-state index in [2.05, 4.69) is 31.1 Å². The molecule has 1 aliphatic rings. The lowest BCUT2D eigenvalue weighted by atomic mass is 9.90. The largest absolute Gasteiger partial charge is 0.465 e. The minimum atomic E-state index is -1.05. The summed E-state index contributed by atoms with van der Waals surface area (Å²) in [6, 6.07) is 6.89. The van der Waals surface area contributed by atoms with Crippen LogP contribution >= 0.6 is 0 Å². The van der Waals surface area contributed by atoms with Gasteiger partial charge < -0.3 is 26.8 Å². The number of rotatable bonds is 7. The molecule has 2 aromatic heterocycles. The monoisotopic (exact) mass is 413 g/mol. The van der Waals surface area contributed by atoms with Crippen LogP contribution in [0.25, 0.3) is 0 Å². The van der Waals surface area contributed by atoms with E-state index in [4.69, 9.17) is 10.8 Å². The average Bonchev–Trinajstić information content (AvgIpc) is 2.69. The second-order valence-corrected chi connectivity index (χ2v) is 7.67. The third-order valence-corrected chi connectivity index (χ3v) is 5.06. The lowest BCUT2D eigenvalue weighted by molar-refractivity contribution is 0.0995. The van der Waals surface area contributed by atoms with Gasteiger partial charge in [-0.25, -0.2) is 9.78 Å². The zero-order chi connectivity index (χ0) is 21.7. The van der Waals surface area contributed by atoms with Crippen molar-refractivity contribution in [1.29, 1.82) is 0 Å². The number of pyridine rings is 1. The highest BCUT2D eigenvalue weighted by atomic mass is 16.4. The summed E-state index contributed by atoms with van der Waals surface area (Å²) in [5.41, 5.74) is 6.75. The average molecular weight is 413 g/mol. The van der Waals surface area contributed by atoms with Gasteiger partial charge in [-0.15, -0.1) is 10.2 Å². The van der Waals surface area contributed by atoms with Crippen molar-refractivity contribution in [3.8, 4) is 0 Å². The van der Waals surface area contributed by atoms with Gasteiger partial charge in [0.2, 0.25) is 0 Å². The fourth-order valence-corrected chi connectivity index (χ4v) is 3.55. The van der Waals surface area contributed by atoms with E-state index in [1.54, 1.807) is 12.1 Å².